The maximum absolute atomic E-state index is 12.3. The third-order valence-corrected chi connectivity index (χ3v) is 3.12. The minimum absolute atomic E-state index is 0.215. The largest absolute Gasteiger partial charge is 0.464 e. The van der Waals surface area contributed by atoms with Crippen molar-refractivity contribution in [2.24, 2.45) is 0 Å². The van der Waals surface area contributed by atoms with Gasteiger partial charge in [0.25, 0.3) is 0 Å². The lowest BCUT2D eigenvalue weighted by molar-refractivity contribution is -0.147. The number of halogens is 1. The second-order valence-electron chi connectivity index (χ2n) is 5.87. The highest BCUT2D eigenvalue weighted by Gasteiger charge is 2.28. The molecule has 112 valence electrons. The zero-order valence-electron chi connectivity index (χ0n) is 12.7. The third kappa shape index (κ3) is 5.51. The van der Waals surface area contributed by atoms with E-state index in [1.165, 1.54) is 0 Å². The zero-order chi connectivity index (χ0) is 15.2. The number of esters is 1. The van der Waals surface area contributed by atoms with Gasteiger partial charge in [0.15, 0.2) is 0 Å². The van der Waals surface area contributed by atoms with Crippen LogP contribution in [0.5, 0.6) is 0 Å². The molecule has 3 nitrogen and oxygen atoms in total. The summed E-state index contributed by atoms with van der Waals surface area (Å²) >= 11 is 6.21. The van der Waals surface area contributed by atoms with Crippen LogP contribution in [-0.4, -0.2) is 18.1 Å². The van der Waals surface area contributed by atoms with Crippen LogP contribution in [-0.2, 0) is 9.53 Å². The monoisotopic (exact) mass is 297 g/mol. The Morgan fingerprint density at radius 1 is 1.35 bits per heavy atom. The molecule has 1 atom stereocenters. The van der Waals surface area contributed by atoms with Crippen molar-refractivity contribution in [1.82, 2.24) is 5.32 Å². The Bertz CT molecular complexity index is 440. The normalized spacial score (nSPS) is 13.1. The number of hydrogen-bond acceptors (Lipinski definition) is 3. The lowest BCUT2D eigenvalue weighted by Gasteiger charge is -2.28. The highest BCUT2D eigenvalue weighted by molar-refractivity contribution is 6.31. The Kier molecular flexibility index (Phi) is 6.50. The molecule has 0 aliphatic rings. The molecule has 0 unspecified atom stereocenters. The first-order chi connectivity index (χ1) is 9.35. The Morgan fingerprint density at radius 3 is 2.55 bits per heavy atom. The summed E-state index contributed by atoms with van der Waals surface area (Å²) in [6, 6.07) is 6.82. The van der Waals surface area contributed by atoms with Crippen LogP contribution >= 0.6 is 11.6 Å². The van der Waals surface area contributed by atoms with Crippen molar-refractivity contribution >= 4 is 17.6 Å². The maximum Gasteiger partial charge on any atom is 0.327 e. The average molecular weight is 298 g/mol. The smallest absolute Gasteiger partial charge is 0.327 e. The van der Waals surface area contributed by atoms with Crippen LogP contribution in [0.15, 0.2) is 24.3 Å². The molecule has 1 aromatic carbocycles. The summed E-state index contributed by atoms with van der Waals surface area (Å²) in [5.41, 5.74) is 0.541. The summed E-state index contributed by atoms with van der Waals surface area (Å²) in [7, 11) is 0. The lowest BCUT2D eigenvalue weighted by atomic mass is 10.0. The van der Waals surface area contributed by atoms with Crippen LogP contribution in [0, 0.1) is 0 Å². The second kappa shape index (κ2) is 7.65. The molecule has 0 bridgehead atoms. The van der Waals surface area contributed by atoms with Crippen molar-refractivity contribution in [2.45, 2.75) is 52.1 Å². The molecule has 0 spiro atoms. The van der Waals surface area contributed by atoms with Crippen molar-refractivity contribution in [3.63, 3.8) is 0 Å². The van der Waals surface area contributed by atoms with E-state index in [1.807, 2.05) is 39.0 Å². The maximum atomic E-state index is 12.3. The Hall–Kier alpha value is -1.06. The third-order valence-electron chi connectivity index (χ3n) is 2.77. The van der Waals surface area contributed by atoms with E-state index in [1.54, 1.807) is 6.07 Å². The van der Waals surface area contributed by atoms with Crippen molar-refractivity contribution in [2.75, 3.05) is 6.61 Å². The molecule has 0 radical (unpaired) electrons. The van der Waals surface area contributed by atoms with E-state index < -0.39 is 6.04 Å². The Labute approximate surface area is 126 Å². The summed E-state index contributed by atoms with van der Waals surface area (Å²) < 4.78 is 5.34. The summed E-state index contributed by atoms with van der Waals surface area (Å²) in [6.07, 6.45) is 1.87. The van der Waals surface area contributed by atoms with Crippen LogP contribution in [0.3, 0.4) is 0 Å². The molecule has 0 saturated heterocycles. The molecule has 1 rings (SSSR count). The van der Waals surface area contributed by atoms with Gasteiger partial charge in [0.1, 0.15) is 6.04 Å². The lowest BCUT2D eigenvalue weighted by Crippen LogP contribution is -2.43. The molecule has 20 heavy (non-hydrogen) atoms. The number of nitrogens with one attached hydrogen (secondary N) is 1. The van der Waals surface area contributed by atoms with Gasteiger partial charge in [-0.05, 0) is 38.8 Å². The van der Waals surface area contributed by atoms with Gasteiger partial charge in [0, 0.05) is 10.6 Å². The molecule has 0 aliphatic carbocycles. The van der Waals surface area contributed by atoms with Gasteiger partial charge in [-0.2, -0.15) is 0 Å². The first-order valence-electron chi connectivity index (χ1n) is 7.04. The summed E-state index contributed by atoms with van der Waals surface area (Å²) in [6.45, 7) is 8.54. The summed E-state index contributed by atoms with van der Waals surface area (Å²) in [4.78, 5) is 12.3. The molecule has 0 amide bonds. The highest BCUT2D eigenvalue weighted by Crippen LogP contribution is 2.25. The molecule has 0 aromatic heterocycles. The number of unbranched alkanes of at least 4 members (excludes halogenated alkanes) is 1. The molecule has 4 heteroatoms. The Balaban J connectivity index is 2.91. The quantitative estimate of drug-likeness (QED) is 0.634. The molecule has 0 heterocycles. The first kappa shape index (κ1) is 17.0. The Morgan fingerprint density at radius 2 is 2.00 bits per heavy atom. The number of benzene rings is 1. The minimum atomic E-state index is -0.541. The minimum Gasteiger partial charge on any atom is -0.464 e. The fourth-order valence-corrected chi connectivity index (χ4v) is 2.05. The molecule has 0 saturated carbocycles. The first-order valence-corrected chi connectivity index (χ1v) is 7.41. The van der Waals surface area contributed by atoms with Gasteiger partial charge in [0.05, 0.1) is 6.61 Å². The van der Waals surface area contributed by atoms with Crippen LogP contribution in [0.1, 0.15) is 52.1 Å². The second-order valence-corrected chi connectivity index (χ2v) is 6.28. The van der Waals surface area contributed by atoms with Crippen LogP contribution < -0.4 is 5.32 Å². The van der Waals surface area contributed by atoms with E-state index in [9.17, 15) is 4.79 Å². The fraction of sp³-hybridized carbons (Fsp3) is 0.562. The van der Waals surface area contributed by atoms with Gasteiger partial charge >= 0.3 is 5.97 Å². The van der Waals surface area contributed by atoms with Crippen LogP contribution in [0.2, 0.25) is 5.02 Å². The zero-order valence-corrected chi connectivity index (χ0v) is 13.5. The van der Waals surface area contributed by atoms with Gasteiger partial charge in [0.2, 0.25) is 0 Å². The molecule has 0 fully saturated rings. The van der Waals surface area contributed by atoms with E-state index in [0.29, 0.717) is 11.6 Å². The fourth-order valence-electron chi connectivity index (χ4n) is 1.81. The van der Waals surface area contributed by atoms with Gasteiger partial charge in [-0.3, -0.25) is 5.32 Å². The van der Waals surface area contributed by atoms with Crippen LogP contribution in [0.25, 0.3) is 0 Å². The summed E-state index contributed by atoms with van der Waals surface area (Å²) in [5.74, 6) is -0.276. The van der Waals surface area contributed by atoms with E-state index in [0.717, 1.165) is 18.4 Å². The average Bonchev–Trinajstić information content (AvgIpc) is 2.36. The van der Waals surface area contributed by atoms with E-state index in [4.69, 9.17) is 16.3 Å². The molecule has 1 N–H and O–H groups in total. The van der Waals surface area contributed by atoms with Crippen LogP contribution in [0.4, 0.5) is 0 Å². The van der Waals surface area contributed by atoms with Crippen molar-refractivity contribution in [3.05, 3.63) is 34.9 Å². The number of carbonyl (C=O) groups excluding carboxylic acids is 1. The molecule has 1 aromatic rings. The van der Waals surface area contributed by atoms with E-state index >= 15 is 0 Å². The number of ether oxygens (including phenoxy) is 1. The van der Waals surface area contributed by atoms with E-state index in [-0.39, 0.29) is 11.5 Å². The number of rotatable bonds is 6. The van der Waals surface area contributed by atoms with Gasteiger partial charge < -0.3 is 4.74 Å². The predicted octanol–water partition coefficient (Wildman–Crippen LogP) is 4.11. The van der Waals surface area contributed by atoms with Crippen molar-refractivity contribution in [3.8, 4) is 0 Å². The van der Waals surface area contributed by atoms with Gasteiger partial charge in [-0.15, -0.1) is 0 Å². The number of hydrogen-bond donors (Lipinski definition) is 1. The molecular weight excluding hydrogens is 274 g/mol. The van der Waals surface area contributed by atoms with Gasteiger partial charge in [-0.1, -0.05) is 43.1 Å². The van der Waals surface area contributed by atoms with Crippen molar-refractivity contribution in [1.29, 1.82) is 0 Å². The molecule has 0 aliphatic heterocycles. The summed E-state index contributed by atoms with van der Waals surface area (Å²) in [5, 5.41) is 3.85. The topological polar surface area (TPSA) is 38.3 Å². The molecular formula is C16H24ClNO2. The highest BCUT2D eigenvalue weighted by atomic mass is 35.5. The standard InChI is InChI=1S/C16H24ClNO2/c1-5-6-11-20-15(19)14(18-16(2,3)4)12-9-7-8-10-13(12)17/h7-10,14,18H,5-6,11H2,1-4H3/t14-/m0/s1. The van der Waals surface area contributed by atoms with E-state index in [2.05, 4.69) is 12.2 Å². The predicted molar refractivity (Wildman–Crippen MR) is 82.9 cm³/mol. The number of carbonyl (C=O) groups is 1. The SMILES string of the molecule is CCCCOC(=O)[C@@H](NC(C)(C)C)c1ccccc1Cl. The van der Waals surface area contributed by atoms with Gasteiger partial charge in [-0.25, -0.2) is 4.79 Å². The van der Waals surface area contributed by atoms with Crippen molar-refractivity contribution < 1.29 is 9.53 Å².